The molecule has 0 aliphatic heterocycles. The van der Waals surface area contributed by atoms with Gasteiger partial charge in [-0.2, -0.15) is 0 Å². The Hall–Kier alpha value is -3.15. The molecule has 3 aromatic rings. The number of thioether (sulfide) groups is 1. The maximum absolute atomic E-state index is 11.9. The normalized spacial score (nSPS) is 10.5. The van der Waals surface area contributed by atoms with Gasteiger partial charge in [0.1, 0.15) is 11.4 Å². The standard InChI is InChI=1S/C18H12Cl2N4O6S/c19-11-3-1-10(2-4-11)17-22-23-18(30-17)31-9-16(26)29-8-15(25)21-13-6-5-12(20)7-14(13)24(27)28/h1-7H,8-9H2,(H,21,25). The molecule has 31 heavy (non-hydrogen) atoms. The predicted molar refractivity (Wildman–Crippen MR) is 113 cm³/mol. The topological polar surface area (TPSA) is 137 Å². The van der Waals surface area contributed by atoms with E-state index in [0.29, 0.717) is 10.6 Å². The Kier molecular flexibility index (Phi) is 7.45. The molecule has 0 unspecified atom stereocenters. The second-order valence-electron chi connectivity index (χ2n) is 5.80. The molecule has 0 spiro atoms. The summed E-state index contributed by atoms with van der Waals surface area (Å²) in [5.74, 6) is -1.38. The van der Waals surface area contributed by atoms with Crippen LogP contribution in [0, 0.1) is 10.1 Å². The summed E-state index contributed by atoms with van der Waals surface area (Å²) < 4.78 is 10.3. The predicted octanol–water partition coefficient (Wildman–Crippen LogP) is 4.23. The van der Waals surface area contributed by atoms with Crippen molar-refractivity contribution in [2.45, 2.75) is 5.22 Å². The second-order valence-corrected chi connectivity index (χ2v) is 7.60. The number of halogens is 2. The van der Waals surface area contributed by atoms with Crippen LogP contribution in [0.5, 0.6) is 0 Å². The molecule has 0 aliphatic rings. The number of nitro benzene ring substituents is 1. The summed E-state index contributed by atoms with van der Waals surface area (Å²) in [6.45, 7) is -0.626. The van der Waals surface area contributed by atoms with Crippen LogP contribution in [0.25, 0.3) is 11.5 Å². The fourth-order valence-corrected chi connectivity index (χ4v) is 3.09. The Morgan fingerprint density at radius 2 is 1.84 bits per heavy atom. The number of nitrogens with zero attached hydrogens (tertiary/aromatic N) is 3. The molecule has 160 valence electrons. The number of aromatic nitrogens is 2. The smallest absolute Gasteiger partial charge is 0.316 e. The molecule has 0 radical (unpaired) electrons. The van der Waals surface area contributed by atoms with E-state index in [9.17, 15) is 19.7 Å². The Labute approximate surface area is 189 Å². The van der Waals surface area contributed by atoms with Gasteiger partial charge in [-0.1, -0.05) is 35.0 Å². The lowest BCUT2D eigenvalue weighted by atomic mass is 10.2. The van der Waals surface area contributed by atoms with Crippen LogP contribution in [-0.2, 0) is 14.3 Å². The van der Waals surface area contributed by atoms with Crippen LogP contribution in [0.2, 0.25) is 10.0 Å². The van der Waals surface area contributed by atoms with Gasteiger partial charge in [-0.25, -0.2) is 0 Å². The zero-order valence-electron chi connectivity index (χ0n) is 15.4. The molecule has 0 fully saturated rings. The van der Waals surface area contributed by atoms with Crippen molar-refractivity contribution >= 4 is 58.2 Å². The number of esters is 1. The van der Waals surface area contributed by atoms with E-state index in [2.05, 4.69) is 15.5 Å². The van der Waals surface area contributed by atoms with E-state index in [4.69, 9.17) is 32.4 Å². The quantitative estimate of drug-likeness (QED) is 0.216. The van der Waals surface area contributed by atoms with Gasteiger partial charge in [0.15, 0.2) is 6.61 Å². The molecule has 13 heteroatoms. The Morgan fingerprint density at radius 3 is 2.55 bits per heavy atom. The summed E-state index contributed by atoms with van der Waals surface area (Å²) >= 11 is 12.5. The summed E-state index contributed by atoms with van der Waals surface area (Å²) in [6, 6.07) is 10.5. The lowest BCUT2D eigenvalue weighted by molar-refractivity contribution is -0.383. The first-order valence-corrected chi connectivity index (χ1v) is 10.2. The third-order valence-corrected chi connectivity index (χ3v) is 4.88. The Bertz CT molecular complexity index is 1120. The number of hydrogen-bond acceptors (Lipinski definition) is 9. The molecule has 2 aromatic carbocycles. The molecule has 3 rings (SSSR count). The second kappa shape index (κ2) is 10.2. The molecule has 1 heterocycles. The molecule has 0 aliphatic carbocycles. The van der Waals surface area contributed by atoms with Gasteiger partial charge in [-0.05, 0) is 36.4 Å². The highest BCUT2D eigenvalue weighted by molar-refractivity contribution is 7.99. The van der Waals surface area contributed by atoms with Crippen molar-refractivity contribution in [1.82, 2.24) is 10.2 Å². The maximum atomic E-state index is 11.9. The number of carbonyl (C=O) groups is 2. The molecule has 1 aromatic heterocycles. The summed E-state index contributed by atoms with van der Waals surface area (Å²) in [7, 11) is 0. The molecule has 10 nitrogen and oxygen atoms in total. The van der Waals surface area contributed by atoms with E-state index in [1.807, 2.05) is 0 Å². The van der Waals surface area contributed by atoms with Gasteiger partial charge < -0.3 is 14.5 Å². The summed E-state index contributed by atoms with van der Waals surface area (Å²) in [6.07, 6.45) is 0. The first-order valence-electron chi connectivity index (χ1n) is 8.43. The number of anilines is 1. The lowest BCUT2D eigenvalue weighted by Gasteiger charge is -2.07. The van der Waals surface area contributed by atoms with Crippen molar-refractivity contribution in [3.8, 4) is 11.5 Å². The van der Waals surface area contributed by atoms with E-state index in [1.165, 1.54) is 12.1 Å². The zero-order valence-corrected chi connectivity index (χ0v) is 17.7. The highest BCUT2D eigenvalue weighted by Crippen LogP contribution is 2.28. The van der Waals surface area contributed by atoms with Gasteiger partial charge in [0.25, 0.3) is 16.8 Å². The number of carbonyl (C=O) groups excluding carboxylic acids is 2. The minimum absolute atomic E-state index is 0.0644. The summed E-state index contributed by atoms with van der Waals surface area (Å²) in [5.41, 5.74) is 0.223. The van der Waals surface area contributed by atoms with E-state index >= 15 is 0 Å². The number of hydrogen-bond donors (Lipinski definition) is 1. The third-order valence-electron chi connectivity index (χ3n) is 3.61. The van der Waals surface area contributed by atoms with Crippen LogP contribution < -0.4 is 5.32 Å². The zero-order chi connectivity index (χ0) is 22.4. The number of benzene rings is 2. The number of nitro groups is 1. The number of rotatable bonds is 8. The van der Waals surface area contributed by atoms with Crippen LogP contribution >= 0.6 is 35.0 Å². The number of amides is 1. The van der Waals surface area contributed by atoms with Gasteiger partial charge in [0.05, 0.1) is 4.92 Å². The lowest BCUT2D eigenvalue weighted by Crippen LogP contribution is -2.22. The van der Waals surface area contributed by atoms with Crippen LogP contribution in [0.1, 0.15) is 0 Å². The van der Waals surface area contributed by atoms with Crippen LogP contribution in [0.4, 0.5) is 11.4 Å². The minimum atomic E-state index is -0.744. The first kappa shape index (κ1) is 22.5. The van der Waals surface area contributed by atoms with Crippen molar-refractivity contribution in [3.05, 3.63) is 62.6 Å². The summed E-state index contributed by atoms with van der Waals surface area (Å²) in [4.78, 5) is 34.1. The maximum Gasteiger partial charge on any atom is 0.316 e. The highest BCUT2D eigenvalue weighted by Gasteiger charge is 2.18. The fraction of sp³-hybridized carbons (Fsp3) is 0.111. The van der Waals surface area contributed by atoms with Crippen molar-refractivity contribution in [1.29, 1.82) is 0 Å². The molecule has 0 bridgehead atoms. The van der Waals surface area contributed by atoms with Gasteiger partial charge in [0.2, 0.25) is 5.89 Å². The minimum Gasteiger partial charge on any atom is -0.455 e. The Morgan fingerprint density at radius 1 is 1.13 bits per heavy atom. The van der Waals surface area contributed by atoms with Gasteiger partial charge in [0, 0.05) is 21.7 Å². The SMILES string of the molecule is O=C(COC(=O)CSc1nnc(-c2ccc(Cl)cc2)o1)Nc1ccc(Cl)cc1[N+](=O)[O-]. The van der Waals surface area contributed by atoms with Gasteiger partial charge in [-0.15, -0.1) is 10.2 Å². The van der Waals surface area contributed by atoms with Crippen molar-refractivity contribution < 1.29 is 23.7 Å². The third kappa shape index (κ3) is 6.41. The number of nitrogens with one attached hydrogen (secondary N) is 1. The molecule has 0 saturated carbocycles. The molecule has 0 atom stereocenters. The largest absolute Gasteiger partial charge is 0.455 e. The van der Waals surface area contributed by atoms with Crippen LogP contribution in [-0.4, -0.2) is 39.4 Å². The molecular weight excluding hydrogens is 471 g/mol. The Balaban J connectivity index is 1.47. The van der Waals surface area contributed by atoms with E-state index in [0.717, 1.165) is 17.8 Å². The average Bonchev–Trinajstić information content (AvgIpc) is 3.21. The van der Waals surface area contributed by atoms with E-state index in [-0.39, 0.29) is 33.3 Å². The van der Waals surface area contributed by atoms with E-state index in [1.54, 1.807) is 24.3 Å². The highest BCUT2D eigenvalue weighted by atomic mass is 35.5. The molecule has 1 N–H and O–H groups in total. The van der Waals surface area contributed by atoms with E-state index < -0.39 is 23.4 Å². The van der Waals surface area contributed by atoms with Crippen LogP contribution in [0.3, 0.4) is 0 Å². The monoisotopic (exact) mass is 482 g/mol. The molecular formula is C18H12Cl2N4O6S. The van der Waals surface area contributed by atoms with Crippen molar-refractivity contribution in [2.75, 3.05) is 17.7 Å². The molecule has 0 saturated heterocycles. The first-order chi connectivity index (χ1) is 14.8. The molecule has 1 amide bonds. The summed E-state index contributed by atoms with van der Waals surface area (Å²) in [5, 5.41) is 21.9. The van der Waals surface area contributed by atoms with Crippen molar-refractivity contribution in [3.63, 3.8) is 0 Å². The van der Waals surface area contributed by atoms with Gasteiger partial charge in [-0.3, -0.25) is 19.7 Å². The van der Waals surface area contributed by atoms with Gasteiger partial charge >= 0.3 is 5.97 Å². The van der Waals surface area contributed by atoms with Crippen molar-refractivity contribution in [2.24, 2.45) is 0 Å². The fourth-order valence-electron chi connectivity index (χ4n) is 2.23. The average molecular weight is 483 g/mol. The number of ether oxygens (including phenoxy) is 1. The van der Waals surface area contributed by atoms with Crippen LogP contribution in [0.15, 0.2) is 52.1 Å².